The number of nitrogens with one attached hydrogen (secondary N) is 2. The Labute approximate surface area is 463 Å². The van der Waals surface area contributed by atoms with Gasteiger partial charge in [0.2, 0.25) is 17.5 Å². The lowest BCUT2D eigenvalue weighted by atomic mass is 9.81. The van der Waals surface area contributed by atoms with E-state index in [0.29, 0.717) is 19.3 Å². The van der Waals surface area contributed by atoms with Crippen LogP contribution in [0.5, 0.6) is 0 Å². The van der Waals surface area contributed by atoms with Crippen LogP contribution in [0.4, 0.5) is 5.82 Å². The summed E-state index contributed by atoms with van der Waals surface area (Å²) in [7, 11) is 0. The Bertz CT molecular complexity index is 1640. The quantitative estimate of drug-likeness (QED) is 0.0283. The molecule has 5 unspecified atom stereocenters. The lowest BCUT2D eigenvalue weighted by Crippen LogP contribution is -2.63. The summed E-state index contributed by atoms with van der Waals surface area (Å²) in [6.45, 7) is 5.41. The molecular weight excluding hydrogens is 987 g/mol. The number of aliphatic hydroxyl groups is 4. The van der Waals surface area contributed by atoms with E-state index in [0.717, 1.165) is 75.3 Å². The van der Waals surface area contributed by atoms with Gasteiger partial charge in [-0.1, -0.05) is 238 Å². The van der Waals surface area contributed by atoms with Crippen molar-refractivity contribution in [3.8, 4) is 0 Å². The standard InChI is InChI=1S/C59H109N5O11S/c1-4-7-10-13-16-19-22-25-28-31-34-37-40-53(67)60-50(56(70)61-52-42-64(63-62-52)59(46-65)55(69)54(68)51(66)43-75-59)45-76-44-48(49(58(73)74)39-36-33-30-27-24-21-18-15-12-9-6-3)41-47(57(71)72)38-35-32-29-26-23-20-17-14-11-8-5-2/h42,47-51,54-55,65-66,68-69H,4-41,43-46H2,1-3H3,(H,60,67)(H,61,70)(H,71,72)(H,73,74)/t47-,48?,49?,50-,51?,54?,55?,59+/m1/s1. The number of carboxylic acids is 2. The molecule has 1 saturated heterocycles. The van der Waals surface area contributed by atoms with Gasteiger partial charge in [0.15, 0.2) is 5.82 Å². The number of ether oxygens (including phenoxy) is 1. The number of unbranched alkanes of at least 4 members (excludes halogenated alkanes) is 31. The van der Waals surface area contributed by atoms with E-state index < -0.39 is 78.9 Å². The molecule has 76 heavy (non-hydrogen) atoms. The minimum absolute atomic E-state index is 0.0638. The molecule has 8 atom stereocenters. The summed E-state index contributed by atoms with van der Waals surface area (Å²) < 4.78 is 6.56. The molecule has 1 fully saturated rings. The number of carbonyl (C=O) groups is 4. The molecule has 1 aliphatic rings. The van der Waals surface area contributed by atoms with Crippen LogP contribution in [0.1, 0.15) is 265 Å². The van der Waals surface area contributed by atoms with Gasteiger partial charge in [-0.2, -0.15) is 11.8 Å². The Morgan fingerprint density at radius 3 is 1.54 bits per heavy atom. The van der Waals surface area contributed by atoms with Crippen molar-refractivity contribution in [2.75, 3.05) is 30.0 Å². The van der Waals surface area contributed by atoms with Gasteiger partial charge in [0, 0.05) is 12.2 Å². The molecule has 0 bridgehead atoms. The molecule has 2 amide bonds. The Morgan fingerprint density at radius 1 is 0.645 bits per heavy atom. The maximum Gasteiger partial charge on any atom is 0.306 e. The van der Waals surface area contributed by atoms with E-state index >= 15 is 0 Å². The largest absolute Gasteiger partial charge is 0.481 e. The van der Waals surface area contributed by atoms with Gasteiger partial charge in [0.05, 0.1) is 31.2 Å². The van der Waals surface area contributed by atoms with Crippen LogP contribution in [-0.4, -0.2) is 118 Å². The minimum Gasteiger partial charge on any atom is -0.481 e. The third kappa shape index (κ3) is 29.4. The van der Waals surface area contributed by atoms with Gasteiger partial charge in [-0.25, -0.2) is 4.68 Å². The minimum atomic E-state index is -2.00. The van der Waals surface area contributed by atoms with Gasteiger partial charge in [0.25, 0.3) is 0 Å². The maximum absolute atomic E-state index is 14.1. The molecule has 0 radical (unpaired) electrons. The average Bonchev–Trinajstić information content (AvgIpc) is 3.88. The van der Waals surface area contributed by atoms with Crippen molar-refractivity contribution in [3.05, 3.63) is 6.20 Å². The molecular formula is C59H109N5O11S. The lowest BCUT2D eigenvalue weighted by Gasteiger charge is -2.43. The number of aliphatic carboxylic acids is 2. The predicted molar refractivity (Wildman–Crippen MR) is 305 cm³/mol. The van der Waals surface area contributed by atoms with Crippen LogP contribution < -0.4 is 10.6 Å². The van der Waals surface area contributed by atoms with Crippen molar-refractivity contribution in [3.63, 3.8) is 0 Å². The molecule has 2 heterocycles. The van der Waals surface area contributed by atoms with Crippen molar-refractivity contribution in [1.82, 2.24) is 20.3 Å². The van der Waals surface area contributed by atoms with Crippen LogP contribution in [0, 0.1) is 17.8 Å². The van der Waals surface area contributed by atoms with Crippen molar-refractivity contribution < 1.29 is 54.6 Å². The van der Waals surface area contributed by atoms with Gasteiger partial charge >= 0.3 is 11.9 Å². The highest BCUT2D eigenvalue weighted by Gasteiger charge is 2.52. The fourth-order valence-corrected chi connectivity index (χ4v) is 11.9. The van der Waals surface area contributed by atoms with E-state index in [1.165, 1.54) is 159 Å². The molecule has 16 nitrogen and oxygen atoms in total. The summed E-state index contributed by atoms with van der Waals surface area (Å²) in [5.41, 5.74) is -2.00. The first-order chi connectivity index (χ1) is 36.8. The number of amides is 2. The van der Waals surface area contributed by atoms with E-state index in [1.807, 2.05) is 0 Å². The Hall–Kier alpha value is -2.83. The average molecular weight is 1100 g/mol. The van der Waals surface area contributed by atoms with Crippen LogP contribution >= 0.6 is 11.8 Å². The molecule has 0 saturated carbocycles. The summed E-state index contributed by atoms with van der Waals surface area (Å²) in [4.78, 5) is 53.6. The highest BCUT2D eigenvalue weighted by atomic mass is 32.2. The Balaban J connectivity index is 2.20. The van der Waals surface area contributed by atoms with Gasteiger partial charge in [-0.3, -0.25) is 19.2 Å². The summed E-state index contributed by atoms with van der Waals surface area (Å²) in [5.74, 6) is -4.54. The lowest BCUT2D eigenvalue weighted by molar-refractivity contribution is -0.287. The van der Waals surface area contributed by atoms with Crippen molar-refractivity contribution >= 4 is 41.3 Å². The molecule has 8 N–H and O–H groups in total. The van der Waals surface area contributed by atoms with Crippen LogP contribution in [0.25, 0.3) is 0 Å². The van der Waals surface area contributed by atoms with E-state index in [-0.39, 0.29) is 36.1 Å². The van der Waals surface area contributed by atoms with Crippen LogP contribution in [0.2, 0.25) is 0 Å². The molecule has 1 aromatic rings. The zero-order chi connectivity index (χ0) is 55.7. The molecule has 0 spiro atoms. The number of anilines is 1. The third-order valence-electron chi connectivity index (χ3n) is 15.7. The van der Waals surface area contributed by atoms with Crippen LogP contribution in [0.3, 0.4) is 0 Å². The first kappa shape index (κ1) is 69.3. The molecule has 1 aromatic heterocycles. The fourth-order valence-electron chi connectivity index (χ4n) is 10.6. The van der Waals surface area contributed by atoms with E-state index in [2.05, 4.69) is 41.7 Å². The molecule has 0 aliphatic carbocycles. The summed E-state index contributed by atoms with van der Waals surface area (Å²) in [5, 5.41) is 76.4. The number of hydrogen-bond donors (Lipinski definition) is 8. The summed E-state index contributed by atoms with van der Waals surface area (Å²) in [6, 6.07) is -1.09. The Morgan fingerprint density at radius 2 is 1.09 bits per heavy atom. The highest BCUT2D eigenvalue weighted by Crippen LogP contribution is 2.33. The molecule has 17 heteroatoms. The van der Waals surface area contributed by atoms with E-state index in [1.54, 1.807) is 0 Å². The summed E-state index contributed by atoms with van der Waals surface area (Å²) >= 11 is 1.32. The predicted octanol–water partition coefficient (Wildman–Crippen LogP) is 12.1. The number of aromatic nitrogens is 3. The second kappa shape index (κ2) is 44.0. The highest BCUT2D eigenvalue weighted by molar-refractivity contribution is 7.99. The number of carbonyl (C=O) groups excluding carboxylic acids is 2. The first-order valence-corrected chi connectivity index (χ1v) is 31.9. The van der Waals surface area contributed by atoms with Gasteiger partial charge in [-0.05, 0) is 37.4 Å². The zero-order valence-corrected chi connectivity index (χ0v) is 48.6. The number of thioether (sulfide) groups is 1. The fraction of sp³-hybridized carbons (Fsp3) is 0.898. The maximum atomic E-state index is 14.1. The second-order valence-electron chi connectivity index (χ2n) is 22.3. The number of hydrogen-bond acceptors (Lipinski definition) is 12. The van der Waals surface area contributed by atoms with Crippen molar-refractivity contribution in [2.24, 2.45) is 17.8 Å². The number of rotatable bonds is 51. The smallest absolute Gasteiger partial charge is 0.306 e. The first-order valence-electron chi connectivity index (χ1n) is 30.7. The third-order valence-corrected chi connectivity index (χ3v) is 16.9. The molecule has 2 rings (SSSR count). The van der Waals surface area contributed by atoms with Gasteiger partial charge in [0.1, 0.15) is 24.4 Å². The van der Waals surface area contributed by atoms with Crippen molar-refractivity contribution in [1.29, 1.82) is 0 Å². The van der Waals surface area contributed by atoms with Gasteiger partial charge in [-0.15, -0.1) is 5.10 Å². The number of nitrogens with zero attached hydrogens (tertiary/aromatic N) is 3. The Kier molecular flexibility index (Phi) is 40.1. The topological polar surface area (TPSA) is 254 Å². The molecule has 0 aromatic carbocycles. The monoisotopic (exact) mass is 1100 g/mol. The normalized spacial score (nSPS) is 19.3. The van der Waals surface area contributed by atoms with E-state index in [9.17, 15) is 49.8 Å². The SMILES string of the molecule is CCCCCCCCCCCCCCC(=O)N[C@H](CSCC(C[C@@H](CCCCCCCCCCCCC)C(=O)O)C(CCCCCCCCCCCCC)C(=O)O)C(=O)Nc1cn([C@@]2(CO)OCC(O)C(O)C2O)nn1. The number of aliphatic hydroxyl groups excluding tert-OH is 4. The second-order valence-corrected chi connectivity index (χ2v) is 23.3. The van der Waals surface area contributed by atoms with Crippen LogP contribution in [-0.2, 0) is 29.6 Å². The number of carboxylic acid groups (broad SMARTS) is 2. The molecule has 442 valence electrons. The van der Waals surface area contributed by atoms with Crippen molar-refractivity contribution in [2.45, 2.75) is 295 Å². The zero-order valence-electron chi connectivity index (χ0n) is 47.8. The van der Waals surface area contributed by atoms with E-state index in [4.69, 9.17) is 4.74 Å². The van der Waals surface area contributed by atoms with Gasteiger partial charge < -0.3 is 46.0 Å². The molecule has 1 aliphatic heterocycles. The summed E-state index contributed by atoms with van der Waals surface area (Å²) in [6.07, 6.45) is 36.6. The van der Waals surface area contributed by atoms with Crippen LogP contribution in [0.15, 0.2) is 6.20 Å².